The maximum atomic E-state index is 11.8. The third-order valence-corrected chi connectivity index (χ3v) is 5.58. The molecule has 0 atom stereocenters. The Morgan fingerprint density at radius 1 is 1.35 bits per heavy atom. The Balaban J connectivity index is 2.48. The summed E-state index contributed by atoms with van der Waals surface area (Å²) in [6.07, 6.45) is 0.355. The number of amides is 2. The number of hydrogen-bond donors (Lipinski definition) is 2. The number of carbonyl (C=O) groups is 2. The van der Waals surface area contributed by atoms with Gasteiger partial charge in [0.15, 0.2) is 0 Å². The molecule has 0 radical (unpaired) electrons. The number of nitrogens with one attached hydrogen (secondary N) is 1. The summed E-state index contributed by atoms with van der Waals surface area (Å²) in [5.74, 6) is 0.517. The Hall–Kier alpha value is -0.890. The quantitative estimate of drug-likeness (QED) is 0.314. The van der Waals surface area contributed by atoms with E-state index in [1.165, 1.54) is 26.5 Å². The second-order valence-corrected chi connectivity index (χ2v) is 8.31. The van der Waals surface area contributed by atoms with Crippen LogP contribution in [0, 0.1) is 0 Å². The zero-order chi connectivity index (χ0) is 17.5. The van der Waals surface area contributed by atoms with Gasteiger partial charge in [-0.1, -0.05) is 33.7 Å². The molecule has 5 nitrogen and oxygen atoms in total. The predicted octanol–water partition coefficient (Wildman–Crippen LogP) is 3.50. The Morgan fingerprint density at radius 2 is 2.00 bits per heavy atom. The number of carbonyl (C=O) groups excluding carboxylic acids is 2. The molecule has 0 aliphatic rings. The van der Waals surface area contributed by atoms with Crippen LogP contribution in [0.5, 0.6) is 0 Å². The van der Waals surface area contributed by atoms with Crippen molar-refractivity contribution in [3.63, 3.8) is 0 Å². The molecule has 0 saturated heterocycles. The van der Waals surface area contributed by atoms with Crippen molar-refractivity contribution in [1.29, 1.82) is 0 Å². The summed E-state index contributed by atoms with van der Waals surface area (Å²) in [6.45, 7) is 3.43. The topological polar surface area (TPSA) is 69.6 Å². The maximum absolute atomic E-state index is 11.8. The molecule has 128 valence electrons. The van der Waals surface area contributed by atoms with Gasteiger partial charge in [-0.3, -0.25) is 9.59 Å². The predicted molar refractivity (Wildman–Crippen MR) is 98.3 cm³/mol. The van der Waals surface area contributed by atoms with Crippen LogP contribution in [0.1, 0.15) is 20.3 Å². The number of aliphatic hydroxyl groups excluding tert-OH is 1. The van der Waals surface area contributed by atoms with E-state index in [1.54, 1.807) is 20.9 Å². The number of nitrogens with zero attached hydrogens (tertiary/aromatic N) is 1. The molecule has 0 fully saturated rings. The van der Waals surface area contributed by atoms with Crippen LogP contribution in [-0.2, 0) is 4.79 Å². The van der Waals surface area contributed by atoms with E-state index in [1.807, 2.05) is 24.3 Å². The molecular weight excluding hydrogens is 356 g/mol. The number of aliphatic hydroxyl groups is 1. The number of halogens is 1. The lowest BCUT2D eigenvalue weighted by Crippen LogP contribution is -2.46. The molecule has 2 amide bonds. The minimum absolute atomic E-state index is 0.0986. The highest BCUT2D eigenvalue weighted by Crippen LogP contribution is 2.38. The highest BCUT2D eigenvalue weighted by Gasteiger charge is 2.18. The number of anilines is 1. The van der Waals surface area contributed by atoms with E-state index in [0.29, 0.717) is 12.2 Å². The van der Waals surface area contributed by atoms with Crippen LogP contribution in [0.15, 0.2) is 29.2 Å². The van der Waals surface area contributed by atoms with Gasteiger partial charge in [0.2, 0.25) is 5.91 Å². The van der Waals surface area contributed by atoms with Crippen LogP contribution in [0.4, 0.5) is 10.5 Å². The van der Waals surface area contributed by atoms with Crippen LogP contribution in [-0.4, -0.2) is 41.3 Å². The molecule has 1 aromatic rings. The molecule has 0 aliphatic carbocycles. The summed E-state index contributed by atoms with van der Waals surface area (Å²) < 4.78 is 0. The normalized spacial score (nSPS) is 11.2. The van der Waals surface area contributed by atoms with E-state index in [9.17, 15) is 9.59 Å². The van der Waals surface area contributed by atoms with E-state index in [0.717, 1.165) is 10.6 Å². The molecule has 0 heterocycles. The first-order chi connectivity index (χ1) is 10.8. The van der Waals surface area contributed by atoms with E-state index in [4.69, 9.17) is 16.7 Å². The first-order valence-corrected chi connectivity index (χ1v) is 9.70. The van der Waals surface area contributed by atoms with Crippen LogP contribution >= 0.6 is 33.2 Å². The minimum Gasteiger partial charge on any atom is -0.394 e. The molecule has 0 aliphatic heterocycles. The van der Waals surface area contributed by atoms with Gasteiger partial charge < -0.3 is 15.3 Å². The van der Waals surface area contributed by atoms with Gasteiger partial charge in [-0.05, 0) is 37.6 Å². The van der Waals surface area contributed by atoms with Crippen LogP contribution in [0.2, 0.25) is 0 Å². The second-order valence-electron chi connectivity index (χ2n) is 5.53. The standard InChI is InChI=1S/C15H21ClN2O3S2/c1-15(2,10-19)17-13(20)8-9-22-23-12-7-5-4-6-11(12)18(3)14(16)21/h4-7,19H,8-10H2,1-3H3,(H,17,20). The fourth-order valence-corrected chi connectivity index (χ4v) is 3.92. The van der Waals surface area contributed by atoms with Gasteiger partial charge in [-0.15, -0.1) is 0 Å². The second kappa shape index (κ2) is 9.42. The SMILES string of the molecule is CN(C(=O)Cl)c1ccccc1SSCCC(=O)NC(C)(C)CO. The van der Waals surface area contributed by atoms with Crippen molar-refractivity contribution in [3.05, 3.63) is 24.3 Å². The number of rotatable bonds is 8. The molecular formula is C15H21ClN2O3S2. The van der Waals surface area contributed by atoms with Crippen molar-refractivity contribution < 1.29 is 14.7 Å². The molecule has 0 bridgehead atoms. The fraction of sp³-hybridized carbons (Fsp3) is 0.467. The Kier molecular flexibility index (Phi) is 8.25. The summed E-state index contributed by atoms with van der Waals surface area (Å²) in [5, 5.41) is 11.3. The van der Waals surface area contributed by atoms with Crippen molar-refractivity contribution in [1.82, 2.24) is 5.32 Å². The van der Waals surface area contributed by atoms with Crippen molar-refractivity contribution in [3.8, 4) is 0 Å². The Labute approximate surface area is 149 Å². The van der Waals surface area contributed by atoms with Crippen molar-refractivity contribution in [2.75, 3.05) is 24.3 Å². The van der Waals surface area contributed by atoms with Gasteiger partial charge in [0.25, 0.3) is 0 Å². The molecule has 2 N–H and O–H groups in total. The zero-order valence-corrected chi connectivity index (χ0v) is 15.7. The lowest BCUT2D eigenvalue weighted by Gasteiger charge is -2.23. The summed E-state index contributed by atoms with van der Waals surface area (Å²) in [7, 11) is 4.63. The zero-order valence-electron chi connectivity index (χ0n) is 13.3. The highest BCUT2D eigenvalue weighted by atomic mass is 35.5. The van der Waals surface area contributed by atoms with E-state index >= 15 is 0 Å². The van der Waals surface area contributed by atoms with E-state index in [2.05, 4.69) is 5.32 Å². The smallest absolute Gasteiger partial charge is 0.320 e. The van der Waals surface area contributed by atoms with Crippen molar-refractivity contribution in [2.45, 2.75) is 30.7 Å². The molecule has 0 spiro atoms. The Morgan fingerprint density at radius 3 is 2.61 bits per heavy atom. The lowest BCUT2D eigenvalue weighted by atomic mass is 10.1. The van der Waals surface area contributed by atoms with Crippen LogP contribution in [0.25, 0.3) is 0 Å². The van der Waals surface area contributed by atoms with E-state index in [-0.39, 0.29) is 12.5 Å². The molecule has 0 saturated carbocycles. The first kappa shape index (κ1) is 20.2. The lowest BCUT2D eigenvalue weighted by molar-refractivity contribution is -0.122. The van der Waals surface area contributed by atoms with Gasteiger partial charge in [0.05, 0.1) is 17.8 Å². The number of para-hydroxylation sites is 1. The van der Waals surface area contributed by atoms with Gasteiger partial charge in [-0.2, -0.15) is 0 Å². The molecule has 1 aromatic carbocycles. The maximum Gasteiger partial charge on any atom is 0.320 e. The largest absolute Gasteiger partial charge is 0.394 e. The fourth-order valence-electron chi connectivity index (χ4n) is 1.62. The average molecular weight is 377 g/mol. The highest BCUT2D eigenvalue weighted by molar-refractivity contribution is 8.76. The van der Waals surface area contributed by atoms with Gasteiger partial charge in [-0.25, -0.2) is 0 Å². The Bertz CT molecular complexity index is 555. The summed E-state index contributed by atoms with van der Waals surface area (Å²) >= 11 is 5.51. The van der Waals surface area contributed by atoms with Crippen molar-refractivity contribution in [2.24, 2.45) is 0 Å². The summed E-state index contributed by atoms with van der Waals surface area (Å²) in [6, 6.07) is 7.44. The van der Waals surface area contributed by atoms with Gasteiger partial charge in [0.1, 0.15) is 0 Å². The molecule has 8 heteroatoms. The monoisotopic (exact) mass is 376 g/mol. The van der Waals surface area contributed by atoms with Gasteiger partial charge in [0, 0.05) is 24.1 Å². The number of benzene rings is 1. The average Bonchev–Trinajstić information content (AvgIpc) is 2.50. The molecule has 0 aromatic heterocycles. The van der Waals surface area contributed by atoms with Crippen LogP contribution in [0.3, 0.4) is 0 Å². The van der Waals surface area contributed by atoms with Crippen molar-refractivity contribution >= 4 is 50.1 Å². The third kappa shape index (κ3) is 7.03. The third-order valence-electron chi connectivity index (χ3n) is 2.92. The van der Waals surface area contributed by atoms with Gasteiger partial charge >= 0.3 is 5.37 Å². The first-order valence-electron chi connectivity index (χ1n) is 7.00. The van der Waals surface area contributed by atoms with Crippen LogP contribution < -0.4 is 10.2 Å². The molecule has 0 unspecified atom stereocenters. The molecule has 1 rings (SSSR count). The minimum atomic E-state index is -0.606. The molecule has 23 heavy (non-hydrogen) atoms. The van der Waals surface area contributed by atoms with E-state index < -0.39 is 10.9 Å². The summed E-state index contributed by atoms with van der Waals surface area (Å²) in [5.41, 5.74) is 0.126. The number of hydrogen-bond acceptors (Lipinski definition) is 5. The summed E-state index contributed by atoms with van der Waals surface area (Å²) in [4.78, 5) is 25.3.